The van der Waals surface area contributed by atoms with Crippen molar-refractivity contribution in [1.29, 1.82) is 0 Å². The normalized spacial score (nSPS) is 14.8. The molecular formula is C18H27N5O3. The van der Waals surface area contributed by atoms with Gasteiger partial charge in [0, 0.05) is 45.4 Å². The van der Waals surface area contributed by atoms with Crippen LogP contribution in [0.15, 0.2) is 29.3 Å². The summed E-state index contributed by atoms with van der Waals surface area (Å²) in [6.45, 7) is 5.72. The number of ether oxygens (including phenoxy) is 1. The Morgan fingerprint density at radius 1 is 1.31 bits per heavy atom. The molecule has 0 spiro atoms. The average molecular weight is 361 g/mol. The van der Waals surface area contributed by atoms with E-state index in [2.05, 4.69) is 20.9 Å². The van der Waals surface area contributed by atoms with E-state index in [-0.39, 0.29) is 18.4 Å². The zero-order chi connectivity index (χ0) is 18.8. The largest absolute Gasteiger partial charge is 0.380 e. The Labute approximate surface area is 154 Å². The van der Waals surface area contributed by atoms with Crippen molar-refractivity contribution >= 4 is 17.8 Å². The van der Waals surface area contributed by atoms with Crippen LogP contribution >= 0.6 is 0 Å². The van der Waals surface area contributed by atoms with Crippen LogP contribution in [0.5, 0.6) is 0 Å². The van der Waals surface area contributed by atoms with Crippen LogP contribution in [-0.4, -0.2) is 69.1 Å². The molecule has 1 aliphatic heterocycles. The molecule has 1 saturated heterocycles. The van der Waals surface area contributed by atoms with E-state index < -0.39 is 0 Å². The van der Waals surface area contributed by atoms with Gasteiger partial charge in [0.25, 0.3) is 5.91 Å². The van der Waals surface area contributed by atoms with Gasteiger partial charge in [-0.15, -0.1) is 0 Å². The summed E-state index contributed by atoms with van der Waals surface area (Å²) in [5.74, 6) is 0.464. The standard InChI is InChI=1S/C18H27N5O3/c1-3-26-11-9-21-18(19-2)22-12-14-4-6-15(7-5-14)17(25)23-10-8-20-16(24)13-23/h4-7H,3,8-13H2,1-2H3,(H,20,24)(H2,19,21,22). The SMILES string of the molecule is CCOCCNC(=NC)NCc1ccc(C(=O)N2CCNC(=O)C2)cc1. The first-order chi connectivity index (χ1) is 12.6. The molecule has 1 aliphatic rings. The van der Waals surface area contributed by atoms with Crippen molar-refractivity contribution in [2.75, 3.05) is 46.4 Å². The highest BCUT2D eigenvalue weighted by Gasteiger charge is 2.21. The first-order valence-corrected chi connectivity index (χ1v) is 8.81. The van der Waals surface area contributed by atoms with Crippen molar-refractivity contribution in [3.05, 3.63) is 35.4 Å². The minimum atomic E-state index is -0.118. The van der Waals surface area contributed by atoms with Gasteiger partial charge in [-0.2, -0.15) is 0 Å². The van der Waals surface area contributed by atoms with Crippen LogP contribution in [0.25, 0.3) is 0 Å². The number of hydrogen-bond acceptors (Lipinski definition) is 4. The Morgan fingerprint density at radius 3 is 2.73 bits per heavy atom. The van der Waals surface area contributed by atoms with Gasteiger partial charge in [0.05, 0.1) is 13.2 Å². The van der Waals surface area contributed by atoms with Gasteiger partial charge >= 0.3 is 0 Å². The minimum Gasteiger partial charge on any atom is -0.380 e. The Balaban J connectivity index is 1.83. The van der Waals surface area contributed by atoms with Gasteiger partial charge in [-0.1, -0.05) is 12.1 Å². The summed E-state index contributed by atoms with van der Waals surface area (Å²) in [5.41, 5.74) is 1.62. The van der Waals surface area contributed by atoms with E-state index in [4.69, 9.17) is 4.74 Å². The third kappa shape index (κ3) is 6.03. The van der Waals surface area contributed by atoms with E-state index in [1.165, 1.54) is 0 Å². The van der Waals surface area contributed by atoms with Gasteiger partial charge in [-0.3, -0.25) is 14.6 Å². The topological polar surface area (TPSA) is 95.1 Å². The molecule has 1 heterocycles. The molecule has 0 radical (unpaired) electrons. The smallest absolute Gasteiger partial charge is 0.254 e. The number of amides is 2. The number of carbonyl (C=O) groups is 2. The summed E-state index contributed by atoms with van der Waals surface area (Å²) in [6.07, 6.45) is 0. The van der Waals surface area contributed by atoms with E-state index in [9.17, 15) is 9.59 Å². The van der Waals surface area contributed by atoms with Crippen molar-refractivity contribution in [3.63, 3.8) is 0 Å². The summed E-state index contributed by atoms with van der Waals surface area (Å²) < 4.78 is 5.28. The third-order valence-corrected chi connectivity index (χ3v) is 3.95. The molecule has 2 amide bonds. The van der Waals surface area contributed by atoms with Crippen LogP contribution < -0.4 is 16.0 Å². The first-order valence-electron chi connectivity index (χ1n) is 8.81. The lowest BCUT2D eigenvalue weighted by Gasteiger charge is -2.26. The van der Waals surface area contributed by atoms with E-state index in [1.54, 1.807) is 24.1 Å². The minimum absolute atomic E-state index is 0.117. The molecule has 3 N–H and O–H groups in total. The number of carbonyl (C=O) groups excluding carboxylic acids is 2. The quantitative estimate of drug-likeness (QED) is 0.360. The van der Waals surface area contributed by atoms with Crippen molar-refractivity contribution in [1.82, 2.24) is 20.9 Å². The highest BCUT2D eigenvalue weighted by atomic mass is 16.5. The summed E-state index contributed by atoms with van der Waals surface area (Å²) in [5, 5.41) is 9.10. The summed E-state index contributed by atoms with van der Waals surface area (Å²) in [4.78, 5) is 29.6. The number of rotatable bonds is 7. The van der Waals surface area contributed by atoms with Crippen LogP contribution in [0.1, 0.15) is 22.8 Å². The number of aliphatic imine (C=N–C) groups is 1. The molecule has 8 nitrogen and oxygen atoms in total. The highest BCUT2D eigenvalue weighted by Crippen LogP contribution is 2.09. The maximum Gasteiger partial charge on any atom is 0.254 e. The first kappa shape index (κ1) is 19.7. The van der Waals surface area contributed by atoms with Gasteiger partial charge in [-0.05, 0) is 24.6 Å². The fourth-order valence-corrected chi connectivity index (χ4v) is 2.55. The molecule has 0 aliphatic carbocycles. The van der Waals surface area contributed by atoms with Crippen molar-refractivity contribution in [2.24, 2.45) is 4.99 Å². The lowest BCUT2D eigenvalue weighted by atomic mass is 10.1. The van der Waals surface area contributed by atoms with Gasteiger partial charge in [0.1, 0.15) is 0 Å². The lowest BCUT2D eigenvalue weighted by Crippen LogP contribution is -2.49. The number of guanidine groups is 1. The molecule has 8 heteroatoms. The molecule has 1 fully saturated rings. The van der Waals surface area contributed by atoms with E-state index in [0.717, 1.165) is 5.56 Å². The zero-order valence-corrected chi connectivity index (χ0v) is 15.4. The Bertz CT molecular complexity index is 630. The molecule has 1 aromatic rings. The summed E-state index contributed by atoms with van der Waals surface area (Å²) in [6, 6.07) is 7.38. The van der Waals surface area contributed by atoms with Crippen LogP contribution in [0, 0.1) is 0 Å². The maximum atomic E-state index is 12.4. The predicted molar refractivity (Wildman–Crippen MR) is 100 cm³/mol. The molecule has 2 rings (SSSR count). The van der Waals surface area contributed by atoms with Gasteiger partial charge in [-0.25, -0.2) is 0 Å². The van der Waals surface area contributed by atoms with E-state index in [0.29, 0.717) is 50.9 Å². The number of nitrogens with zero attached hydrogens (tertiary/aromatic N) is 2. The molecule has 1 aromatic carbocycles. The molecule has 0 saturated carbocycles. The molecule has 0 unspecified atom stereocenters. The molecule has 26 heavy (non-hydrogen) atoms. The fourth-order valence-electron chi connectivity index (χ4n) is 2.55. The van der Waals surface area contributed by atoms with Crippen molar-refractivity contribution < 1.29 is 14.3 Å². The molecule has 0 bridgehead atoms. The fraction of sp³-hybridized carbons (Fsp3) is 0.500. The molecular weight excluding hydrogens is 334 g/mol. The Hall–Kier alpha value is -2.61. The van der Waals surface area contributed by atoms with Crippen LogP contribution in [0.2, 0.25) is 0 Å². The summed E-state index contributed by atoms with van der Waals surface area (Å²) in [7, 11) is 1.71. The monoisotopic (exact) mass is 361 g/mol. The van der Waals surface area contributed by atoms with Crippen molar-refractivity contribution in [3.8, 4) is 0 Å². The molecule has 0 atom stereocenters. The van der Waals surface area contributed by atoms with Crippen LogP contribution in [0.4, 0.5) is 0 Å². The van der Waals surface area contributed by atoms with Gasteiger partial charge < -0.3 is 25.6 Å². The highest BCUT2D eigenvalue weighted by molar-refractivity contribution is 5.97. The average Bonchev–Trinajstić information content (AvgIpc) is 2.67. The second-order valence-electron chi connectivity index (χ2n) is 5.82. The second kappa shape index (κ2) is 10.4. The van der Waals surface area contributed by atoms with E-state index in [1.807, 2.05) is 19.1 Å². The number of piperazine rings is 1. The third-order valence-electron chi connectivity index (χ3n) is 3.95. The number of nitrogens with one attached hydrogen (secondary N) is 3. The maximum absolute atomic E-state index is 12.4. The second-order valence-corrected chi connectivity index (χ2v) is 5.82. The number of benzene rings is 1. The van der Waals surface area contributed by atoms with Crippen LogP contribution in [-0.2, 0) is 16.1 Å². The number of hydrogen-bond donors (Lipinski definition) is 3. The van der Waals surface area contributed by atoms with Gasteiger partial charge in [0.2, 0.25) is 5.91 Å². The van der Waals surface area contributed by atoms with E-state index >= 15 is 0 Å². The van der Waals surface area contributed by atoms with Crippen LogP contribution in [0.3, 0.4) is 0 Å². The van der Waals surface area contributed by atoms with Crippen molar-refractivity contribution in [2.45, 2.75) is 13.5 Å². The summed E-state index contributed by atoms with van der Waals surface area (Å²) >= 11 is 0. The van der Waals surface area contributed by atoms with Gasteiger partial charge in [0.15, 0.2) is 5.96 Å². The zero-order valence-electron chi connectivity index (χ0n) is 15.4. The Kier molecular flexibility index (Phi) is 7.88. The lowest BCUT2D eigenvalue weighted by molar-refractivity contribution is -0.123. The Morgan fingerprint density at radius 2 is 2.08 bits per heavy atom. The molecule has 0 aromatic heterocycles. The molecule has 142 valence electrons. The predicted octanol–water partition coefficient (Wildman–Crippen LogP) is -0.0399.